The van der Waals surface area contributed by atoms with Crippen LogP contribution in [-0.4, -0.2) is 20.5 Å². The molecule has 2 aromatic carbocycles. The lowest BCUT2D eigenvalue weighted by molar-refractivity contribution is 0.403. The lowest BCUT2D eigenvalue weighted by atomic mass is 10.2. The van der Waals surface area contributed by atoms with Gasteiger partial charge in [0.2, 0.25) is 0 Å². The third kappa shape index (κ3) is 3.68. The van der Waals surface area contributed by atoms with Crippen molar-refractivity contribution < 1.29 is 21.9 Å². The summed E-state index contributed by atoms with van der Waals surface area (Å²) in [5.41, 5.74) is 0.695. The van der Waals surface area contributed by atoms with Gasteiger partial charge in [-0.1, -0.05) is 0 Å². The summed E-state index contributed by atoms with van der Waals surface area (Å²) in [4.78, 5) is 4.12. The maximum atomic E-state index is 13.8. The number of anilines is 1. The normalized spacial score (nSPS) is 11.4. The molecule has 1 aromatic heterocycles. The number of methoxy groups -OCH3 is 1. The predicted molar refractivity (Wildman–Crippen MR) is 96.0 cm³/mol. The second-order valence-electron chi connectivity index (χ2n) is 5.35. The highest BCUT2D eigenvalue weighted by Gasteiger charge is 2.22. The van der Waals surface area contributed by atoms with Crippen molar-refractivity contribution in [3.05, 3.63) is 58.4 Å². The minimum atomic E-state index is -4.23. The molecular weight excluding hydrogens is 382 g/mol. The van der Waals surface area contributed by atoms with E-state index in [-0.39, 0.29) is 10.6 Å². The van der Waals surface area contributed by atoms with E-state index < -0.39 is 27.3 Å². The van der Waals surface area contributed by atoms with Crippen molar-refractivity contribution >= 4 is 27.0 Å². The van der Waals surface area contributed by atoms with Crippen molar-refractivity contribution in [1.29, 1.82) is 0 Å². The second kappa shape index (κ2) is 7.00. The number of hydrogen-bond donors (Lipinski definition) is 1. The molecule has 136 valence electrons. The van der Waals surface area contributed by atoms with E-state index in [0.717, 1.165) is 23.2 Å². The average molecular weight is 396 g/mol. The van der Waals surface area contributed by atoms with Crippen LogP contribution in [0.5, 0.6) is 5.75 Å². The standard InChI is InChI=1S/C17H14F2N2O3S2/c1-10-20-15(9-25-10)11-3-6-16(24-2)17(7-11)26(22,23)21-14-8-12(18)4-5-13(14)19/h3-9,21H,1-2H3. The molecule has 0 aliphatic rings. The van der Waals surface area contributed by atoms with Gasteiger partial charge < -0.3 is 4.74 Å². The van der Waals surface area contributed by atoms with Crippen molar-refractivity contribution in [3.63, 3.8) is 0 Å². The molecule has 1 heterocycles. The van der Waals surface area contributed by atoms with Crippen LogP contribution in [0, 0.1) is 18.6 Å². The molecule has 1 N–H and O–H groups in total. The fraction of sp³-hybridized carbons (Fsp3) is 0.118. The largest absolute Gasteiger partial charge is 0.495 e. The Kier molecular flexibility index (Phi) is 4.92. The van der Waals surface area contributed by atoms with E-state index >= 15 is 0 Å². The van der Waals surface area contributed by atoms with Crippen molar-refractivity contribution in [2.45, 2.75) is 11.8 Å². The van der Waals surface area contributed by atoms with Crippen molar-refractivity contribution in [3.8, 4) is 17.0 Å². The van der Waals surface area contributed by atoms with Gasteiger partial charge in [-0.25, -0.2) is 22.2 Å². The molecule has 0 saturated heterocycles. The highest BCUT2D eigenvalue weighted by molar-refractivity contribution is 7.92. The molecule has 0 bridgehead atoms. The smallest absolute Gasteiger partial charge is 0.265 e. The van der Waals surface area contributed by atoms with Gasteiger partial charge in [-0.2, -0.15) is 0 Å². The van der Waals surface area contributed by atoms with Gasteiger partial charge in [0.25, 0.3) is 10.0 Å². The SMILES string of the molecule is COc1ccc(-c2csc(C)n2)cc1S(=O)(=O)Nc1cc(F)ccc1F. The summed E-state index contributed by atoms with van der Waals surface area (Å²) in [6, 6.07) is 7.06. The first kappa shape index (κ1) is 18.3. The van der Waals surface area contributed by atoms with Crippen molar-refractivity contribution in [1.82, 2.24) is 4.98 Å². The lowest BCUT2D eigenvalue weighted by Gasteiger charge is -2.13. The topological polar surface area (TPSA) is 68.3 Å². The number of nitrogens with zero attached hydrogens (tertiary/aromatic N) is 1. The van der Waals surface area contributed by atoms with Crippen LogP contribution in [0.3, 0.4) is 0 Å². The van der Waals surface area contributed by atoms with Crippen LogP contribution < -0.4 is 9.46 Å². The number of halogens is 2. The molecule has 0 unspecified atom stereocenters. The van der Waals surface area contributed by atoms with Crippen LogP contribution in [0.4, 0.5) is 14.5 Å². The molecule has 0 saturated carbocycles. The van der Waals surface area contributed by atoms with Crippen molar-refractivity contribution in [2.24, 2.45) is 0 Å². The van der Waals surface area contributed by atoms with Gasteiger partial charge in [0.05, 0.1) is 23.5 Å². The number of hydrogen-bond acceptors (Lipinski definition) is 5. The zero-order valence-corrected chi connectivity index (χ0v) is 15.4. The Hall–Kier alpha value is -2.52. The van der Waals surface area contributed by atoms with Gasteiger partial charge in [-0.05, 0) is 37.3 Å². The van der Waals surface area contributed by atoms with E-state index in [4.69, 9.17) is 4.74 Å². The molecule has 0 aliphatic carbocycles. The molecule has 0 fully saturated rings. The second-order valence-corrected chi connectivity index (χ2v) is 8.06. The fourth-order valence-electron chi connectivity index (χ4n) is 2.32. The molecule has 0 aliphatic heterocycles. The van der Waals surface area contributed by atoms with Gasteiger partial charge in [-0.15, -0.1) is 11.3 Å². The van der Waals surface area contributed by atoms with E-state index in [1.807, 2.05) is 6.92 Å². The van der Waals surface area contributed by atoms with E-state index in [1.165, 1.54) is 30.6 Å². The Morgan fingerprint density at radius 1 is 1.15 bits per heavy atom. The number of thiazole rings is 1. The molecule has 0 radical (unpaired) electrons. The Balaban J connectivity index is 2.06. The summed E-state index contributed by atoms with van der Waals surface area (Å²) in [5.74, 6) is -1.58. The van der Waals surface area contributed by atoms with Gasteiger partial charge >= 0.3 is 0 Å². The van der Waals surface area contributed by atoms with E-state index in [0.29, 0.717) is 11.3 Å². The van der Waals surface area contributed by atoms with Crippen molar-refractivity contribution in [2.75, 3.05) is 11.8 Å². The number of sulfonamides is 1. The van der Waals surface area contributed by atoms with Crippen LogP contribution in [0.15, 0.2) is 46.7 Å². The number of ether oxygens (including phenoxy) is 1. The monoisotopic (exact) mass is 396 g/mol. The lowest BCUT2D eigenvalue weighted by Crippen LogP contribution is -2.15. The minimum Gasteiger partial charge on any atom is -0.495 e. The summed E-state index contributed by atoms with van der Waals surface area (Å²) < 4.78 is 59.8. The molecule has 0 spiro atoms. The summed E-state index contributed by atoms with van der Waals surface area (Å²) >= 11 is 1.43. The summed E-state index contributed by atoms with van der Waals surface area (Å²) in [6.07, 6.45) is 0. The Morgan fingerprint density at radius 3 is 2.58 bits per heavy atom. The number of aryl methyl sites for hydroxylation is 1. The molecular formula is C17H14F2N2O3S2. The van der Waals surface area contributed by atoms with Gasteiger partial charge in [0.15, 0.2) is 0 Å². The quantitative estimate of drug-likeness (QED) is 0.702. The molecule has 26 heavy (non-hydrogen) atoms. The maximum Gasteiger partial charge on any atom is 0.265 e. The number of aromatic nitrogens is 1. The molecule has 3 rings (SSSR count). The third-order valence-corrected chi connectivity index (χ3v) is 5.70. The van der Waals surface area contributed by atoms with E-state index in [1.54, 1.807) is 11.4 Å². The zero-order valence-electron chi connectivity index (χ0n) is 13.8. The summed E-state index contributed by atoms with van der Waals surface area (Å²) in [6.45, 7) is 1.84. The predicted octanol–water partition coefficient (Wildman–Crippen LogP) is 4.21. The van der Waals surface area contributed by atoms with Gasteiger partial charge in [0.1, 0.15) is 22.3 Å². The molecule has 9 heteroatoms. The van der Waals surface area contributed by atoms with Gasteiger partial charge in [0, 0.05) is 17.0 Å². The molecule has 0 atom stereocenters. The fourth-order valence-corrected chi connectivity index (χ4v) is 4.19. The van der Waals surface area contributed by atoms with Crippen LogP contribution in [-0.2, 0) is 10.0 Å². The Labute approximate surface area is 153 Å². The van der Waals surface area contributed by atoms with Crippen LogP contribution in [0.1, 0.15) is 5.01 Å². The number of benzene rings is 2. The van der Waals surface area contributed by atoms with E-state index in [2.05, 4.69) is 9.71 Å². The maximum absolute atomic E-state index is 13.8. The average Bonchev–Trinajstić information content (AvgIpc) is 3.04. The van der Waals surface area contributed by atoms with E-state index in [9.17, 15) is 17.2 Å². The highest BCUT2D eigenvalue weighted by Crippen LogP contribution is 2.32. The zero-order chi connectivity index (χ0) is 18.9. The molecule has 0 amide bonds. The first-order chi connectivity index (χ1) is 12.3. The van der Waals surface area contributed by atoms with Gasteiger partial charge in [-0.3, -0.25) is 4.72 Å². The minimum absolute atomic E-state index is 0.0741. The first-order valence-corrected chi connectivity index (χ1v) is 9.75. The number of nitrogens with one attached hydrogen (secondary N) is 1. The van der Waals surface area contributed by atoms with Crippen LogP contribution >= 0.6 is 11.3 Å². The first-order valence-electron chi connectivity index (χ1n) is 7.38. The summed E-state index contributed by atoms with van der Waals surface area (Å²) in [5, 5.41) is 2.63. The Morgan fingerprint density at radius 2 is 1.92 bits per heavy atom. The summed E-state index contributed by atoms with van der Waals surface area (Å²) in [7, 11) is -2.90. The highest BCUT2D eigenvalue weighted by atomic mass is 32.2. The Bertz CT molecular complexity index is 1070. The number of rotatable bonds is 5. The molecule has 5 nitrogen and oxygen atoms in total. The van der Waals surface area contributed by atoms with Crippen LogP contribution in [0.25, 0.3) is 11.3 Å². The third-order valence-electron chi connectivity index (χ3n) is 3.54. The molecule has 3 aromatic rings. The van der Waals surface area contributed by atoms with Crippen LogP contribution in [0.2, 0.25) is 0 Å².